The Bertz CT molecular complexity index is 2560. The van der Waals surface area contributed by atoms with E-state index in [-0.39, 0.29) is 0 Å². The summed E-state index contributed by atoms with van der Waals surface area (Å²) in [5, 5.41) is 8.16. The number of furan rings is 1. The van der Waals surface area contributed by atoms with E-state index >= 15 is 0 Å². The highest BCUT2D eigenvalue weighted by Gasteiger charge is 2.17. The molecule has 44 heavy (non-hydrogen) atoms. The third kappa shape index (κ3) is 3.83. The van der Waals surface area contributed by atoms with E-state index in [9.17, 15) is 0 Å². The minimum Gasteiger partial charge on any atom is -0.455 e. The Balaban J connectivity index is 1.23. The second kappa shape index (κ2) is 9.62. The van der Waals surface area contributed by atoms with E-state index in [1.165, 1.54) is 21.5 Å². The van der Waals surface area contributed by atoms with Gasteiger partial charge < -0.3 is 4.42 Å². The molecule has 2 heterocycles. The summed E-state index contributed by atoms with van der Waals surface area (Å²) in [5.41, 5.74) is 9.12. The first-order chi connectivity index (χ1) is 21.7. The van der Waals surface area contributed by atoms with E-state index < -0.39 is 0 Å². The van der Waals surface area contributed by atoms with Gasteiger partial charge in [-0.2, -0.15) is 0 Å². The maximum absolute atomic E-state index is 6.67. The first-order valence-electron chi connectivity index (χ1n) is 14.9. The van der Waals surface area contributed by atoms with Crippen LogP contribution in [0.15, 0.2) is 144 Å². The molecule has 3 heteroatoms. The smallest absolute Gasteiger partial charge is 0.160 e. The van der Waals surface area contributed by atoms with Crippen molar-refractivity contribution in [3.8, 4) is 33.8 Å². The molecule has 0 bridgehead atoms. The minimum absolute atomic E-state index is 0.718. The van der Waals surface area contributed by atoms with Gasteiger partial charge in [0.15, 0.2) is 5.82 Å². The Morgan fingerprint density at radius 3 is 1.93 bits per heavy atom. The van der Waals surface area contributed by atoms with E-state index in [1.54, 1.807) is 0 Å². The molecule has 206 valence electrons. The molecule has 0 saturated carbocycles. The van der Waals surface area contributed by atoms with Crippen LogP contribution in [0.2, 0.25) is 0 Å². The molecule has 0 atom stereocenters. The minimum atomic E-state index is 0.718. The zero-order valence-corrected chi connectivity index (χ0v) is 24.1. The molecule has 0 unspecified atom stereocenters. The lowest BCUT2D eigenvalue weighted by Crippen LogP contribution is -1.96. The van der Waals surface area contributed by atoms with E-state index in [1.807, 2.05) is 18.2 Å². The molecule has 0 amide bonds. The number of nitrogens with zero attached hydrogens (tertiary/aromatic N) is 2. The van der Waals surface area contributed by atoms with E-state index in [2.05, 4.69) is 128 Å². The van der Waals surface area contributed by atoms with Crippen LogP contribution in [0.25, 0.3) is 88.2 Å². The average molecular weight is 563 g/mol. The van der Waals surface area contributed by atoms with Crippen molar-refractivity contribution >= 4 is 54.4 Å². The molecule has 0 radical (unpaired) electrons. The second-order valence-electron chi connectivity index (χ2n) is 11.5. The Kier molecular flexibility index (Phi) is 5.41. The molecule has 0 aliphatic carbocycles. The lowest BCUT2D eigenvalue weighted by Gasteiger charge is -2.11. The van der Waals surface area contributed by atoms with Crippen LogP contribution in [0.4, 0.5) is 0 Å². The van der Waals surface area contributed by atoms with E-state index in [4.69, 9.17) is 14.4 Å². The molecule has 0 N–H and O–H groups in total. The number of fused-ring (bicyclic) bond motifs is 9. The fraction of sp³-hybridized carbons (Fsp3) is 0.0244. The molecule has 0 aliphatic heterocycles. The second-order valence-corrected chi connectivity index (χ2v) is 11.5. The van der Waals surface area contributed by atoms with Gasteiger partial charge in [0.25, 0.3) is 0 Å². The molecule has 2 aromatic heterocycles. The van der Waals surface area contributed by atoms with Gasteiger partial charge in [-0.1, -0.05) is 109 Å². The fourth-order valence-corrected chi connectivity index (χ4v) is 6.69. The van der Waals surface area contributed by atoms with Gasteiger partial charge in [0.05, 0.1) is 11.2 Å². The Morgan fingerprint density at radius 2 is 1.11 bits per heavy atom. The first-order valence-corrected chi connectivity index (χ1v) is 14.9. The molecule has 0 aliphatic rings. The zero-order chi connectivity index (χ0) is 29.2. The number of hydrogen-bond donors (Lipinski definition) is 0. The highest BCUT2D eigenvalue weighted by Crippen LogP contribution is 2.42. The fourth-order valence-electron chi connectivity index (χ4n) is 6.69. The van der Waals surface area contributed by atoms with E-state index in [0.717, 1.165) is 72.2 Å². The molecule has 0 saturated heterocycles. The van der Waals surface area contributed by atoms with Crippen LogP contribution in [0.5, 0.6) is 0 Å². The predicted octanol–water partition coefficient (Wildman–Crippen LogP) is 11.1. The topological polar surface area (TPSA) is 38.9 Å². The Labute approximate surface area is 254 Å². The van der Waals surface area contributed by atoms with Gasteiger partial charge in [-0.25, -0.2) is 9.97 Å². The van der Waals surface area contributed by atoms with Crippen molar-refractivity contribution in [1.29, 1.82) is 0 Å². The van der Waals surface area contributed by atoms with Crippen molar-refractivity contribution in [2.24, 2.45) is 0 Å². The summed E-state index contributed by atoms with van der Waals surface area (Å²) in [6.45, 7) is 2.13. The zero-order valence-electron chi connectivity index (χ0n) is 24.1. The van der Waals surface area contributed by atoms with Crippen molar-refractivity contribution in [1.82, 2.24) is 9.97 Å². The van der Waals surface area contributed by atoms with Crippen molar-refractivity contribution < 1.29 is 4.42 Å². The van der Waals surface area contributed by atoms with Gasteiger partial charge in [0, 0.05) is 32.7 Å². The molecule has 3 nitrogen and oxygen atoms in total. The molecule has 0 spiro atoms. The van der Waals surface area contributed by atoms with Gasteiger partial charge in [-0.3, -0.25) is 0 Å². The number of aromatic nitrogens is 2. The number of hydrogen-bond acceptors (Lipinski definition) is 3. The average Bonchev–Trinajstić information content (AvgIpc) is 3.47. The van der Waals surface area contributed by atoms with Crippen molar-refractivity contribution in [2.45, 2.75) is 6.92 Å². The highest BCUT2D eigenvalue weighted by molar-refractivity contribution is 6.30. The summed E-state index contributed by atoms with van der Waals surface area (Å²) < 4.78 is 6.67. The summed E-state index contributed by atoms with van der Waals surface area (Å²) in [5.74, 6) is 0.718. The molecular formula is C41H26N2O. The maximum atomic E-state index is 6.67. The van der Waals surface area contributed by atoms with Gasteiger partial charge in [-0.05, 0) is 70.1 Å². The van der Waals surface area contributed by atoms with Gasteiger partial charge in [0.2, 0.25) is 0 Å². The monoisotopic (exact) mass is 562 g/mol. The number of aryl methyl sites for hydroxylation is 1. The van der Waals surface area contributed by atoms with Crippen LogP contribution < -0.4 is 0 Å². The SMILES string of the molecule is Cc1cc(-c2ccc3c(c2)oc2c4ccccc4c4ccccc4c32)cc(-c2nc(-c3ccccc3)c3ccccc3n2)c1. The summed E-state index contributed by atoms with van der Waals surface area (Å²) in [7, 11) is 0. The number of benzene rings is 7. The Morgan fingerprint density at radius 1 is 0.455 bits per heavy atom. The van der Waals surface area contributed by atoms with Gasteiger partial charge in [-0.15, -0.1) is 0 Å². The van der Waals surface area contributed by atoms with Gasteiger partial charge >= 0.3 is 0 Å². The lowest BCUT2D eigenvalue weighted by molar-refractivity contribution is 0.673. The van der Waals surface area contributed by atoms with Crippen LogP contribution in [-0.4, -0.2) is 9.97 Å². The normalized spacial score (nSPS) is 11.8. The number of rotatable bonds is 3. The predicted molar refractivity (Wildman–Crippen MR) is 183 cm³/mol. The third-order valence-corrected chi connectivity index (χ3v) is 8.67. The molecular weight excluding hydrogens is 536 g/mol. The maximum Gasteiger partial charge on any atom is 0.160 e. The number of para-hydroxylation sites is 1. The quantitative estimate of drug-likeness (QED) is 0.201. The van der Waals surface area contributed by atoms with Crippen LogP contribution in [0.1, 0.15) is 5.56 Å². The Hall–Kier alpha value is -5.80. The van der Waals surface area contributed by atoms with E-state index in [0.29, 0.717) is 0 Å². The summed E-state index contributed by atoms with van der Waals surface area (Å²) in [4.78, 5) is 10.1. The third-order valence-electron chi connectivity index (χ3n) is 8.67. The summed E-state index contributed by atoms with van der Waals surface area (Å²) in [6, 6.07) is 48.9. The van der Waals surface area contributed by atoms with Crippen LogP contribution in [0, 0.1) is 6.92 Å². The summed E-state index contributed by atoms with van der Waals surface area (Å²) >= 11 is 0. The standard InChI is InChI=1S/C41H26N2O/c1-25-21-28(23-29(22-25)41-42-36-18-10-9-17-34(36)39(43-41)26-11-3-2-4-12-26)27-19-20-35-37(24-27)44-40-33-16-8-6-14-31(33)30-13-5-7-15-32(30)38(35)40/h2-24H,1H3. The lowest BCUT2D eigenvalue weighted by atomic mass is 9.95. The van der Waals surface area contributed by atoms with Crippen molar-refractivity contribution in [3.05, 3.63) is 145 Å². The molecule has 0 fully saturated rings. The largest absolute Gasteiger partial charge is 0.455 e. The summed E-state index contributed by atoms with van der Waals surface area (Å²) in [6.07, 6.45) is 0. The molecule has 7 aromatic carbocycles. The highest BCUT2D eigenvalue weighted by atomic mass is 16.3. The van der Waals surface area contributed by atoms with Gasteiger partial charge in [0.1, 0.15) is 11.2 Å². The molecule has 9 aromatic rings. The van der Waals surface area contributed by atoms with Crippen LogP contribution in [0.3, 0.4) is 0 Å². The first kappa shape index (κ1) is 24.8. The van der Waals surface area contributed by atoms with Crippen LogP contribution in [-0.2, 0) is 0 Å². The van der Waals surface area contributed by atoms with Crippen molar-refractivity contribution in [3.63, 3.8) is 0 Å². The van der Waals surface area contributed by atoms with Crippen LogP contribution >= 0.6 is 0 Å². The molecule has 9 rings (SSSR count). The van der Waals surface area contributed by atoms with Crippen molar-refractivity contribution in [2.75, 3.05) is 0 Å².